The molecule has 1 aromatic heterocycles. The Morgan fingerprint density at radius 3 is 2.86 bits per heavy atom. The number of aryl methyl sites for hydroxylation is 2. The van der Waals surface area contributed by atoms with E-state index in [-0.39, 0.29) is 5.71 Å². The van der Waals surface area contributed by atoms with E-state index in [1.807, 2.05) is 19.9 Å². The molecule has 0 bridgehead atoms. The number of hydrogen-bond acceptors (Lipinski definition) is 5. The van der Waals surface area contributed by atoms with Crippen LogP contribution in [0, 0.1) is 23.7 Å². The number of rotatable bonds is 4. The maximum atomic E-state index is 8.84. The van der Waals surface area contributed by atoms with Crippen molar-refractivity contribution in [3.8, 4) is 6.07 Å². The van der Waals surface area contributed by atoms with E-state index in [1.54, 1.807) is 12.1 Å². The van der Waals surface area contributed by atoms with Crippen molar-refractivity contribution >= 4 is 39.8 Å². The smallest absolute Gasteiger partial charge is 0.201 e. The minimum Gasteiger partial charge on any atom is -0.459 e. The maximum Gasteiger partial charge on any atom is 0.201 e. The van der Waals surface area contributed by atoms with Gasteiger partial charge in [0, 0.05) is 16.8 Å². The molecule has 108 valence electrons. The molecule has 0 aliphatic rings. The number of nitrogens with two attached hydrogens (primary N) is 1. The molecule has 6 nitrogen and oxygen atoms in total. The van der Waals surface area contributed by atoms with Crippen LogP contribution in [0.25, 0.3) is 11.0 Å². The molecule has 2 rings (SSSR count). The molecule has 0 aliphatic carbocycles. The fraction of sp³-hybridized carbons (Fsp3) is 0.214. The minimum atomic E-state index is -0.409. The Bertz CT molecular complexity index is 785. The van der Waals surface area contributed by atoms with Gasteiger partial charge in [-0.05, 0) is 24.6 Å². The van der Waals surface area contributed by atoms with Crippen LogP contribution < -0.4 is 11.2 Å². The molecular formula is C14H14ClN5O. The molecular weight excluding hydrogens is 290 g/mol. The lowest BCUT2D eigenvalue weighted by Gasteiger charge is -2.03. The van der Waals surface area contributed by atoms with Gasteiger partial charge in [-0.1, -0.05) is 18.5 Å². The van der Waals surface area contributed by atoms with Crippen LogP contribution in [0.1, 0.15) is 18.2 Å². The molecule has 0 fully saturated rings. The van der Waals surface area contributed by atoms with Gasteiger partial charge in [0.05, 0.1) is 0 Å². The summed E-state index contributed by atoms with van der Waals surface area (Å²) in [6.07, 6.45) is 0.762. The zero-order valence-electron chi connectivity index (χ0n) is 11.6. The van der Waals surface area contributed by atoms with Crippen molar-refractivity contribution in [2.75, 3.05) is 5.43 Å². The molecule has 0 unspecified atom stereocenters. The van der Waals surface area contributed by atoms with Gasteiger partial charge < -0.3 is 10.2 Å². The zero-order valence-corrected chi connectivity index (χ0v) is 12.4. The van der Waals surface area contributed by atoms with E-state index in [1.165, 1.54) is 0 Å². The standard InChI is InChI=1S/C14H14ClN5O/c1-3-12-7(2)9-4-8(15)5-10(13(9)21-12)19-20-11(6-16)14(17)18/h4-5,19H,3H2,1-2H3,(H3,17,18)/b20-11+. The molecule has 7 heteroatoms. The van der Waals surface area contributed by atoms with Crippen molar-refractivity contribution in [3.63, 3.8) is 0 Å². The van der Waals surface area contributed by atoms with Gasteiger partial charge in [0.15, 0.2) is 11.4 Å². The van der Waals surface area contributed by atoms with Crippen LogP contribution in [-0.2, 0) is 6.42 Å². The summed E-state index contributed by atoms with van der Waals surface area (Å²) in [5.41, 5.74) is 9.88. The molecule has 0 spiro atoms. The van der Waals surface area contributed by atoms with E-state index in [0.29, 0.717) is 16.3 Å². The van der Waals surface area contributed by atoms with E-state index in [9.17, 15) is 0 Å². The molecule has 0 amide bonds. The molecule has 0 aliphatic heterocycles. The normalized spacial score (nSPS) is 11.4. The van der Waals surface area contributed by atoms with Crippen molar-refractivity contribution in [2.45, 2.75) is 20.3 Å². The summed E-state index contributed by atoms with van der Waals surface area (Å²) in [6.45, 7) is 3.96. The summed E-state index contributed by atoms with van der Waals surface area (Å²) in [4.78, 5) is 0. The predicted molar refractivity (Wildman–Crippen MR) is 83.9 cm³/mol. The van der Waals surface area contributed by atoms with Crippen LogP contribution in [0.15, 0.2) is 21.7 Å². The van der Waals surface area contributed by atoms with E-state index >= 15 is 0 Å². The lowest BCUT2D eigenvalue weighted by atomic mass is 10.1. The van der Waals surface area contributed by atoms with Crippen LogP contribution in [0.5, 0.6) is 0 Å². The second-order valence-corrected chi connectivity index (χ2v) is 4.87. The van der Waals surface area contributed by atoms with Crippen LogP contribution in [0.3, 0.4) is 0 Å². The third kappa shape index (κ3) is 2.83. The van der Waals surface area contributed by atoms with Gasteiger partial charge >= 0.3 is 0 Å². The highest BCUT2D eigenvalue weighted by atomic mass is 35.5. The average molecular weight is 304 g/mol. The number of fused-ring (bicyclic) bond motifs is 1. The van der Waals surface area contributed by atoms with E-state index < -0.39 is 5.84 Å². The number of anilines is 1. The zero-order chi connectivity index (χ0) is 15.6. The van der Waals surface area contributed by atoms with Crippen molar-refractivity contribution in [1.29, 1.82) is 10.7 Å². The highest BCUT2D eigenvalue weighted by Gasteiger charge is 2.14. The largest absolute Gasteiger partial charge is 0.459 e. The van der Waals surface area contributed by atoms with E-state index in [4.69, 9.17) is 32.4 Å². The Morgan fingerprint density at radius 1 is 1.57 bits per heavy atom. The quantitative estimate of drug-likeness (QED) is 0.457. The lowest BCUT2D eigenvalue weighted by molar-refractivity contribution is 0.554. The summed E-state index contributed by atoms with van der Waals surface area (Å²) in [5, 5.41) is 21.3. The number of nitrogens with one attached hydrogen (secondary N) is 2. The molecule has 1 heterocycles. The Hall–Kier alpha value is -2.52. The van der Waals surface area contributed by atoms with Gasteiger partial charge in [0.1, 0.15) is 17.5 Å². The highest BCUT2D eigenvalue weighted by Crippen LogP contribution is 2.34. The number of halogens is 1. The van der Waals surface area contributed by atoms with Crippen molar-refractivity contribution in [1.82, 2.24) is 0 Å². The summed E-state index contributed by atoms with van der Waals surface area (Å²) >= 11 is 6.10. The van der Waals surface area contributed by atoms with Gasteiger partial charge in [0.2, 0.25) is 5.71 Å². The first-order chi connectivity index (χ1) is 9.97. The van der Waals surface area contributed by atoms with Gasteiger partial charge in [-0.3, -0.25) is 10.8 Å². The summed E-state index contributed by atoms with van der Waals surface area (Å²) in [7, 11) is 0. The van der Waals surface area contributed by atoms with Gasteiger partial charge in [-0.15, -0.1) is 0 Å². The topological polar surface area (TPSA) is 111 Å². The Balaban J connectivity index is 2.54. The molecule has 1 aromatic carbocycles. The van der Waals surface area contributed by atoms with Crippen LogP contribution >= 0.6 is 11.6 Å². The Labute approximate surface area is 126 Å². The number of hydrogen-bond donors (Lipinski definition) is 3. The van der Waals surface area contributed by atoms with E-state index in [0.717, 1.165) is 23.1 Å². The maximum absolute atomic E-state index is 8.84. The number of hydrazone groups is 1. The van der Waals surface area contributed by atoms with Crippen LogP contribution in [-0.4, -0.2) is 11.5 Å². The van der Waals surface area contributed by atoms with E-state index in [2.05, 4.69) is 10.5 Å². The molecule has 0 saturated heterocycles. The first-order valence-corrected chi connectivity index (χ1v) is 6.65. The number of nitriles is 1. The van der Waals surface area contributed by atoms with Crippen molar-refractivity contribution in [2.24, 2.45) is 10.8 Å². The molecule has 2 aromatic rings. The second kappa shape index (κ2) is 5.85. The van der Waals surface area contributed by atoms with Gasteiger partial charge in [0.25, 0.3) is 0 Å². The minimum absolute atomic E-state index is 0.206. The van der Waals surface area contributed by atoms with Crippen LogP contribution in [0.4, 0.5) is 5.69 Å². The summed E-state index contributed by atoms with van der Waals surface area (Å²) in [6, 6.07) is 5.20. The molecule has 4 N–H and O–H groups in total. The van der Waals surface area contributed by atoms with Gasteiger partial charge in [-0.2, -0.15) is 10.4 Å². The highest BCUT2D eigenvalue weighted by molar-refractivity contribution is 6.45. The molecule has 21 heavy (non-hydrogen) atoms. The lowest BCUT2D eigenvalue weighted by Crippen LogP contribution is -2.21. The first kappa shape index (κ1) is 14.9. The molecule has 0 radical (unpaired) electrons. The Kier molecular flexibility index (Phi) is 4.15. The predicted octanol–water partition coefficient (Wildman–Crippen LogP) is 3.18. The summed E-state index contributed by atoms with van der Waals surface area (Å²) in [5.74, 6) is 0.458. The number of furan rings is 1. The van der Waals surface area contributed by atoms with Gasteiger partial charge in [-0.25, -0.2) is 0 Å². The third-order valence-corrected chi connectivity index (χ3v) is 3.29. The summed E-state index contributed by atoms with van der Waals surface area (Å²) < 4.78 is 5.80. The molecule has 0 atom stereocenters. The second-order valence-electron chi connectivity index (χ2n) is 4.43. The number of amidine groups is 1. The first-order valence-electron chi connectivity index (χ1n) is 6.27. The Morgan fingerprint density at radius 2 is 2.29 bits per heavy atom. The monoisotopic (exact) mass is 303 g/mol. The van der Waals surface area contributed by atoms with Crippen molar-refractivity contribution < 1.29 is 4.42 Å². The average Bonchev–Trinajstić information content (AvgIpc) is 2.76. The molecule has 0 saturated carbocycles. The number of nitrogens with zero attached hydrogens (tertiary/aromatic N) is 2. The van der Waals surface area contributed by atoms with Crippen molar-refractivity contribution in [3.05, 3.63) is 28.5 Å². The van der Waals surface area contributed by atoms with Crippen LogP contribution in [0.2, 0.25) is 5.02 Å². The SMILES string of the molecule is CCc1oc2c(N/N=C(\C#N)C(=N)N)cc(Cl)cc2c1C. The fourth-order valence-electron chi connectivity index (χ4n) is 2.01. The number of benzene rings is 1. The third-order valence-electron chi connectivity index (χ3n) is 3.07. The fourth-order valence-corrected chi connectivity index (χ4v) is 2.23.